The van der Waals surface area contributed by atoms with Crippen LogP contribution in [0.4, 0.5) is 0 Å². The number of ether oxygens (including phenoxy) is 1. The molecule has 0 heterocycles. The Balaban J connectivity index is 2.08. The molecule has 0 radical (unpaired) electrons. The van der Waals surface area contributed by atoms with Gasteiger partial charge in [0.1, 0.15) is 5.75 Å². The molecule has 1 aliphatic rings. The fraction of sp³-hybridized carbons (Fsp3) is 0.667. The minimum atomic E-state index is 0.245. The predicted octanol–water partition coefficient (Wildman–Crippen LogP) is 4.37. The third-order valence-corrected chi connectivity index (χ3v) is 4.49. The van der Waals surface area contributed by atoms with Gasteiger partial charge < -0.3 is 9.64 Å². The van der Waals surface area contributed by atoms with Gasteiger partial charge in [-0.2, -0.15) is 0 Å². The average molecular weight is 275 g/mol. The molecule has 0 aliphatic heterocycles. The molecule has 0 amide bonds. The van der Waals surface area contributed by atoms with E-state index in [0.717, 1.165) is 11.8 Å². The van der Waals surface area contributed by atoms with E-state index in [2.05, 4.69) is 58.0 Å². The van der Waals surface area contributed by atoms with Crippen LogP contribution in [0.2, 0.25) is 0 Å². The van der Waals surface area contributed by atoms with Gasteiger partial charge in [-0.05, 0) is 89.7 Å². The van der Waals surface area contributed by atoms with Crippen molar-refractivity contribution in [3.8, 4) is 5.75 Å². The second-order valence-electron chi connectivity index (χ2n) is 6.65. The predicted molar refractivity (Wildman–Crippen MR) is 85.6 cm³/mol. The summed E-state index contributed by atoms with van der Waals surface area (Å²) in [7, 11) is 4.40. The summed E-state index contributed by atoms with van der Waals surface area (Å²) in [6.45, 7) is 6.40. The molecule has 0 atom stereocenters. The Bertz CT molecular complexity index is 431. The number of benzene rings is 1. The Morgan fingerprint density at radius 3 is 2.30 bits per heavy atom. The molecule has 0 aromatic heterocycles. The Morgan fingerprint density at radius 2 is 1.75 bits per heavy atom. The molecule has 1 aliphatic carbocycles. The zero-order chi connectivity index (χ0) is 14.7. The van der Waals surface area contributed by atoms with Crippen LogP contribution in [0.15, 0.2) is 18.2 Å². The van der Waals surface area contributed by atoms with E-state index in [1.807, 2.05) is 0 Å². The molecule has 2 rings (SSSR count). The van der Waals surface area contributed by atoms with Crippen molar-refractivity contribution < 1.29 is 4.74 Å². The molecule has 0 bridgehead atoms. The van der Waals surface area contributed by atoms with Crippen molar-refractivity contribution in [2.24, 2.45) is 0 Å². The van der Waals surface area contributed by atoms with Gasteiger partial charge in [0.05, 0.1) is 6.10 Å². The van der Waals surface area contributed by atoms with Crippen molar-refractivity contribution in [3.63, 3.8) is 0 Å². The lowest BCUT2D eigenvalue weighted by Gasteiger charge is -2.33. The van der Waals surface area contributed by atoms with Crippen LogP contribution in [-0.2, 0) is 0 Å². The highest BCUT2D eigenvalue weighted by Crippen LogP contribution is 2.37. The van der Waals surface area contributed by atoms with Gasteiger partial charge in [0, 0.05) is 6.04 Å². The van der Waals surface area contributed by atoms with Crippen LogP contribution in [0.3, 0.4) is 0 Å². The summed E-state index contributed by atoms with van der Waals surface area (Å²) in [4.78, 5) is 2.38. The first-order chi connectivity index (χ1) is 9.47. The number of hydrogen-bond acceptors (Lipinski definition) is 2. The van der Waals surface area contributed by atoms with Gasteiger partial charge in [-0.25, -0.2) is 0 Å². The van der Waals surface area contributed by atoms with Gasteiger partial charge >= 0.3 is 0 Å². The average Bonchev–Trinajstić information content (AvgIpc) is 2.40. The van der Waals surface area contributed by atoms with Crippen LogP contribution in [0, 0.1) is 6.92 Å². The van der Waals surface area contributed by atoms with Crippen LogP contribution >= 0.6 is 0 Å². The van der Waals surface area contributed by atoms with Crippen LogP contribution in [0.25, 0.3) is 0 Å². The topological polar surface area (TPSA) is 12.5 Å². The highest BCUT2D eigenvalue weighted by Gasteiger charge is 2.24. The summed E-state index contributed by atoms with van der Waals surface area (Å²) in [6.07, 6.45) is 5.47. The largest absolute Gasteiger partial charge is 0.491 e. The zero-order valence-corrected chi connectivity index (χ0v) is 13.6. The monoisotopic (exact) mass is 275 g/mol. The third kappa shape index (κ3) is 3.76. The second-order valence-corrected chi connectivity index (χ2v) is 6.65. The van der Waals surface area contributed by atoms with E-state index in [-0.39, 0.29) is 6.10 Å². The number of nitrogens with zero attached hydrogens (tertiary/aromatic N) is 1. The normalized spacial score (nSPS) is 23.4. The van der Waals surface area contributed by atoms with E-state index in [1.165, 1.54) is 36.8 Å². The van der Waals surface area contributed by atoms with Crippen LogP contribution in [0.5, 0.6) is 5.75 Å². The SMILES string of the molecule is Cc1ccc(OC(C)C)cc1C1CCC(N(C)C)CC1. The molecule has 1 aromatic rings. The molecular formula is C18H29NO. The Kier molecular flexibility index (Phi) is 5.09. The van der Waals surface area contributed by atoms with Crippen molar-refractivity contribution in [2.45, 2.75) is 64.5 Å². The first-order valence-electron chi connectivity index (χ1n) is 7.91. The first-order valence-corrected chi connectivity index (χ1v) is 7.91. The minimum absolute atomic E-state index is 0.245. The highest BCUT2D eigenvalue weighted by molar-refractivity contribution is 5.37. The molecule has 112 valence electrons. The molecule has 1 saturated carbocycles. The number of aryl methyl sites for hydroxylation is 1. The number of hydrogen-bond donors (Lipinski definition) is 0. The molecule has 1 fully saturated rings. The Hall–Kier alpha value is -1.02. The van der Waals surface area contributed by atoms with Gasteiger partial charge in [0.25, 0.3) is 0 Å². The van der Waals surface area contributed by atoms with Crippen molar-refractivity contribution in [3.05, 3.63) is 29.3 Å². The van der Waals surface area contributed by atoms with Gasteiger partial charge in [-0.1, -0.05) is 6.07 Å². The Morgan fingerprint density at radius 1 is 1.10 bits per heavy atom. The standard InChI is InChI=1S/C18H29NO/c1-13(2)20-17-11-6-14(3)18(12-17)15-7-9-16(10-8-15)19(4)5/h6,11-13,15-16H,7-10H2,1-5H3. The quantitative estimate of drug-likeness (QED) is 0.809. The highest BCUT2D eigenvalue weighted by atomic mass is 16.5. The van der Waals surface area contributed by atoms with Crippen molar-refractivity contribution in [1.82, 2.24) is 4.90 Å². The van der Waals surface area contributed by atoms with E-state index in [4.69, 9.17) is 4.74 Å². The molecule has 0 unspecified atom stereocenters. The lowest BCUT2D eigenvalue weighted by Crippen LogP contribution is -2.31. The van der Waals surface area contributed by atoms with E-state index < -0.39 is 0 Å². The molecule has 2 nitrogen and oxygen atoms in total. The summed E-state index contributed by atoms with van der Waals surface area (Å²) < 4.78 is 5.85. The maximum atomic E-state index is 5.85. The van der Waals surface area contributed by atoms with Gasteiger partial charge in [0.15, 0.2) is 0 Å². The molecule has 0 spiro atoms. The molecular weight excluding hydrogens is 246 g/mol. The summed E-state index contributed by atoms with van der Waals surface area (Å²) in [6, 6.07) is 7.35. The molecule has 20 heavy (non-hydrogen) atoms. The van der Waals surface area contributed by atoms with Crippen molar-refractivity contribution in [1.29, 1.82) is 0 Å². The van der Waals surface area contributed by atoms with E-state index in [1.54, 1.807) is 0 Å². The minimum Gasteiger partial charge on any atom is -0.491 e. The summed E-state index contributed by atoms with van der Waals surface area (Å²) in [5.74, 6) is 1.73. The fourth-order valence-corrected chi connectivity index (χ4v) is 3.31. The lowest BCUT2D eigenvalue weighted by molar-refractivity contribution is 0.215. The molecule has 0 N–H and O–H groups in total. The smallest absolute Gasteiger partial charge is 0.119 e. The van der Waals surface area contributed by atoms with Crippen LogP contribution in [0.1, 0.15) is 56.6 Å². The second kappa shape index (κ2) is 6.62. The van der Waals surface area contributed by atoms with Crippen LogP contribution in [-0.4, -0.2) is 31.1 Å². The zero-order valence-electron chi connectivity index (χ0n) is 13.6. The van der Waals surface area contributed by atoms with E-state index >= 15 is 0 Å². The van der Waals surface area contributed by atoms with Gasteiger partial charge in [0.2, 0.25) is 0 Å². The van der Waals surface area contributed by atoms with Crippen molar-refractivity contribution in [2.75, 3.05) is 14.1 Å². The summed E-state index contributed by atoms with van der Waals surface area (Å²) in [5.41, 5.74) is 2.91. The van der Waals surface area contributed by atoms with E-state index in [0.29, 0.717) is 5.92 Å². The van der Waals surface area contributed by atoms with Crippen molar-refractivity contribution >= 4 is 0 Å². The Labute approximate surface area is 124 Å². The van der Waals surface area contributed by atoms with E-state index in [9.17, 15) is 0 Å². The fourth-order valence-electron chi connectivity index (χ4n) is 3.31. The molecule has 2 heteroatoms. The van der Waals surface area contributed by atoms with Crippen LogP contribution < -0.4 is 4.74 Å². The van der Waals surface area contributed by atoms with Gasteiger partial charge in [-0.3, -0.25) is 0 Å². The molecule has 1 aromatic carbocycles. The maximum absolute atomic E-state index is 5.85. The van der Waals surface area contributed by atoms with Gasteiger partial charge in [-0.15, -0.1) is 0 Å². The number of rotatable bonds is 4. The third-order valence-electron chi connectivity index (χ3n) is 4.49. The summed E-state index contributed by atoms with van der Waals surface area (Å²) in [5, 5.41) is 0. The maximum Gasteiger partial charge on any atom is 0.119 e. The molecule has 0 saturated heterocycles. The first kappa shape index (κ1) is 15.4. The lowest BCUT2D eigenvalue weighted by atomic mass is 9.80. The summed E-state index contributed by atoms with van der Waals surface area (Å²) >= 11 is 0.